The second-order valence-corrected chi connectivity index (χ2v) is 3.43. The highest BCUT2D eigenvalue weighted by atomic mass is 16.2. The summed E-state index contributed by atoms with van der Waals surface area (Å²) in [6.07, 6.45) is 0.975. The second kappa shape index (κ2) is 4.91. The van der Waals surface area contributed by atoms with E-state index < -0.39 is 5.43 Å². The third kappa shape index (κ3) is 2.67. The first-order valence-corrected chi connectivity index (χ1v) is 4.88. The molecule has 0 aliphatic heterocycles. The number of nitrogens with zero attached hydrogens (tertiary/aromatic N) is 1. The van der Waals surface area contributed by atoms with Gasteiger partial charge in [0.15, 0.2) is 0 Å². The zero-order chi connectivity index (χ0) is 10.6. The summed E-state index contributed by atoms with van der Waals surface area (Å²) in [5.41, 5.74) is -0.304. The van der Waals surface area contributed by atoms with Gasteiger partial charge in [0.05, 0.1) is 5.69 Å². The summed E-state index contributed by atoms with van der Waals surface area (Å²) in [5.74, 6) is 0. The number of hydrogen-bond donors (Lipinski definition) is 1. The molecule has 0 bridgehead atoms. The molecule has 0 aromatic heterocycles. The molecule has 0 aliphatic rings. The molecule has 78 valence electrons. The zero-order valence-electron chi connectivity index (χ0n) is 8.67. The summed E-state index contributed by atoms with van der Waals surface area (Å²) in [6.45, 7) is 4.87. The van der Waals surface area contributed by atoms with Crippen LogP contribution in [0.4, 0.5) is 5.69 Å². The third-order valence-corrected chi connectivity index (χ3v) is 2.32. The van der Waals surface area contributed by atoms with Crippen molar-refractivity contribution in [2.24, 2.45) is 0 Å². The number of nitrogens with one attached hydrogen (secondary N) is 1. The molecule has 0 atom stereocenters. The molecular formula is C10H16N2O2. The molecule has 0 radical (unpaired) electrons. The molecule has 0 aliphatic carbocycles. The van der Waals surface area contributed by atoms with Gasteiger partial charge in [-0.1, -0.05) is 6.92 Å². The van der Waals surface area contributed by atoms with Gasteiger partial charge in [0.25, 0.3) is 0 Å². The smallest absolute Gasteiger partial charge is 0.248 e. The fourth-order valence-corrected chi connectivity index (χ4v) is 1.18. The monoisotopic (exact) mass is 196 g/mol. The maximum atomic E-state index is 10.9. The van der Waals surface area contributed by atoms with Crippen LogP contribution in [0.5, 0.6) is 0 Å². The first-order chi connectivity index (χ1) is 6.65. The molecular weight excluding hydrogens is 180 g/mol. The lowest BCUT2D eigenvalue weighted by Crippen LogP contribution is -2.33. The highest BCUT2D eigenvalue weighted by Crippen LogP contribution is 1.95. The van der Waals surface area contributed by atoms with Gasteiger partial charge in [-0.3, -0.25) is 9.59 Å². The Balaban J connectivity index is 2.15. The maximum absolute atomic E-state index is 10.9. The van der Waals surface area contributed by atoms with E-state index in [2.05, 4.69) is 24.2 Å². The van der Waals surface area contributed by atoms with Crippen molar-refractivity contribution < 1.29 is 0 Å². The Hall–Kier alpha value is -1.16. The van der Waals surface area contributed by atoms with E-state index in [0.717, 1.165) is 26.1 Å². The van der Waals surface area contributed by atoms with Crippen LogP contribution in [0.2, 0.25) is 0 Å². The molecule has 4 nitrogen and oxygen atoms in total. The van der Waals surface area contributed by atoms with Gasteiger partial charge in [0.2, 0.25) is 10.9 Å². The van der Waals surface area contributed by atoms with Crippen LogP contribution in [0.3, 0.4) is 0 Å². The minimum absolute atomic E-state index is 0.381. The average molecular weight is 196 g/mol. The van der Waals surface area contributed by atoms with E-state index in [4.69, 9.17) is 0 Å². The molecule has 0 fully saturated rings. The minimum Gasteiger partial charge on any atom is -0.382 e. The van der Waals surface area contributed by atoms with Crippen molar-refractivity contribution in [3.05, 3.63) is 26.5 Å². The normalized spacial score (nSPS) is 11.1. The van der Waals surface area contributed by atoms with Crippen LogP contribution in [0.25, 0.3) is 0 Å². The van der Waals surface area contributed by atoms with Crippen LogP contribution in [0.1, 0.15) is 13.3 Å². The summed E-state index contributed by atoms with van der Waals surface area (Å²) >= 11 is 0. The van der Waals surface area contributed by atoms with E-state index in [9.17, 15) is 9.59 Å². The molecule has 4 heteroatoms. The third-order valence-electron chi connectivity index (χ3n) is 2.32. The zero-order valence-corrected chi connectivity index (χ0v) is 8.67. The van der Waals surface area contributed by atoms with E-state index >= 15 is 0 Å². The van der Waals surface area contributed by atoms with Crippen molar-refractivity contribution in [1.29, 1.82) is 0 Å². The van der Waals surface area contributed by atoms with Crippen molar-refractivity contribution in [2.75, 3.05) is 32.0 Å². The fourth-order valence-electron chi connectivity index (χ4n) is 1.18. The predicted molar refractivity (Wildman–Crippen MR) is 57.6 cm³/mol. The molecule has 1 aromatic carbocycles. The first kappa shape index (κ1) is 10.9. The topological polar surface area (TPSA) is 49.4 Å². The van der Waals surface area contributed by atoms with Gasteiger partial charge in [0.1, 0.15) is 0 Å². The lowest BCUT2D eigenvalue weighted by atomic mass is 10.2. The van der Waals surface area contributed by atoms with Gasteiger partial charge in [0, 0.05) is 12.6 Å². The summed E-state index contributed by atoms with van der Waals surface area (Å²) in [7, 11) is 2.05. The quantitative estimate of drug-likeness (QED) is 0.515. The standard InChI is InChI=1S/C10H16N2O2/c1-3-12(2)6-4-5-11-8-7-9(13)10(8)14/h7,11H,3-6H2,1-2H3. The molecule has 0 saturated heterocycles. The Bertz CT molecular complexity index is 353. The molecule has 1 rings (SSSR count). The van der Waals surface area contributed by atoms with Crippen molar-refractivity contribution in [3.8, 4) is 0 Å². The molecule has 0 unspecified atom stereocenters. The maximum Gasteiger partial charge on any atom is 0.248 e. The molecule has 0 saturated carbocycles. The van der Waals surface area contributed by atoms with Crippen molar-refractivity contribution in [2.45, 2.75) is 13.3 Å². The Labute approximate surface area is 83.2 Å². The van der Waals surface area contributed by atoms with E-state index in [0.29, 0.717) is 5.69 Å². The molecule has 0 heterocycles. The SMILES string of the molecule is CCN(C)CCCNc1cc(=O)c1=O. The second-order valence-electron chi connectivity index (χ2n) is 3.43. The van der Waals surface area contributed by atoms with Crippen LogP contribution in [-0.4, -0.2) is 31.6 Å². The largest absolute Gasteiger partial charge is 0.382 e. The fraction of sp³-hybridized carbons (Fsp3) is 0.600. The lowest BCUT2D eigenvalue weighted by molar-refractivity contribution is 0.351. The van der Waals surface area contributed by atoms with Crippen molar-refractivity contribution in [1.82, 2.24) is 4.90 Å². The van der Waals surface area contributed by atoms with Crippen LogP contribution >= 0.6 is 0 Å². The average Bonchev–Trinajstić information content (AvgIpc) is 2.21. The number of anilines is 1. The van der Waals surface area contributed by atoms with Gasteiger partial charge in [-0.15, -0.1) is 0 Å². The Morgan fingerprint density at radius 1 is 1.43 bits per heavy atom. The van der Waals surface area contributed by atoms with Crippen LogP contribution in [-0.2, 0) is 0 Å². The van der Waals surface area contributed by atoms with Crippen molar-refractivity contribution >= 4 is 5.69 Å². The Morgan fingerprint density at radius 3 is 2.64 bits per heavy atom. The molecule has 1 N–H and O–H groups in total. The van der Waals surface area contributed by atoms with Crippen LogP contribution in [0, 0.1) is 0 Å². The molecule has 0 amide bonds. The molecule has 14 heavy (non-hydrogen) atoms. The minimum atomic E-state index is -0.391. The van der Waals surface area contributed by atoms with E-state index in [1.54, 1.807) is 0 Å². The number of hydrogen-bond acceptors (Lipinski definition) is 4. The summed E-state index contributed by atoms with van der Waals surface area (Å²) < 4.78 is 0. The summed E-state index contributed by atoms with van der Waals surface area (Å²) in [5, 5.41) is 2.94. The van der Waals surface area contributed by atoms with Crippen LogP contribution < -0.4 is 16.2 Å². The first-order valence-electron chi connectivity index (χ1n) is 4.88. The predicted octanol–water partition coefficient (Wildman–Crippen LogP) is 0.0363. The summed E-state index contributed by atoms with van der Waals surface area (Å²) in [6, 6.07) is 1.35. The van der Waals surface area contributed by atoms with E-state index in [1.165, 1.54) is 6.07 Å². The van der Waals surface area contributed by atoms with Crippen molar-refractivity contribution in [3.63, 3.8) is 0 Å². The van der Waals surface area contributed by atoms with E-state index in [-0.39, 0.29) is 5.43 Å². The highest BCUT2D eigenvalue weighted by molar-refractivity contribution is 5.46. The Morgan fingerprint density at radius 2 is 2.14 bits per heavy atom. The van der Waals surface area contributed by atoms with Gasteiger partial charge >= 0.3 is 0 Å². The highest BCUT2D eigenvalue weighted by Gasteiger charge is 2.07. The summed E-state index contributed by atoms with van der Waals surface area (Å²) in [4.78, 5) is 23.6. The van der Waals surface area contributed by atoms with Crippen LogP contribution in [0.15, 0.2) is 15.7 Å². The van der Waals surface area contributed by atoms with Gasteiger partial charge in [-0.05, 0) is 26.6 Å². The lowest BCUT2D eigenvalue weighted by Gasteiger charge is -2.13. The Kier molecular flexibility index (Phi) is 3.83. The number of rotatable bonds is 6. The van der Waals surface area contributed by atoms with Gasteiger partial charge < -0.3 is 10.2 Å². The van der Waals surface area contributed by atoms with E-state index in [1.807, 2.05) is 0 Å². The molecule has 0 spiro atoms. The van der Waals surface area contributed by atoms with Gasteiger partial charge in [-0.2, -0.15) is 0 Å². The van der Waals surface area contributed by atoms with Gasteiger partial charge in [-0.25, -0.2) is 0 Å². The molecule has 1 aromatic rings.